The molecule has 2 atom stereocenters. The molecule has 1 fully saturated rings. The average molecular weight is 290 g/mol. The predicted molar refractivity (Wildman–Crippen MR) is 70.3 cm³/mol. The Balaban J connectivity index is 2.60. The summed E-state index contributed by atoms with van der Waals surface area (Å²) >= 11 is 1.66. The number of hydrogen-bond donors (Lipinski definition) is 3. The molecule has 1 saturated carbocycles. The summed E-state index contributed by atoms with van der Waals surface area (Å²) in [5.74, 6) is -2.46. The fourth-order valence-electron chi connectivity index (χ4n) is 2.15. The molecule has 3 N–H and O–H groups in total. The number of aliphatic carboxylic acids is 2. The SMILES string of the molecule is CSC1CCCC1NC(=O)N(CC(=O)O)CC(=O)O. The van der Waals surface area contributed by atoms with Crippen molar-refractivity contribution in [3.8, 4) is 0 Å². The van der Waals surface area contributed by atoms with Gasteiger partial charge < -0.3 is 20.4 Å². The van der Waals surface area contributed by atoms with Crippen molar-refractivity contribution in [2.45, 2.75) is 30.6 Å². The molecule has 1 rings (SSSR count). The van der Waals surface area contributed by atoms with Crippen molar-refractivity contribution >= 4 is 29.7 Å². The monoisotopic (exact) mass is 290 g/mol. The number of carboxylic acids is 2. The third-order valence-electron chi connectivity index (χ3n) is 3.00. The summed E-state index contributed by atoms with van der Waals surface area (Å²) in [6, 6.07) is -0.650. The molecular formula is C11H18N2O5S. The van der Waals surface area contributed by atoms with Crippen molar-refractivity contribution in [3.05, 3.63) is 0 Å². The van der Waals surface area contributed by atoms with Gasteiger partial charge in [0.25, 0.3) is 0 Å². The van der Waals surface area contributed by atoms with E-state index in [2.05, 4.69) is 5.32 Å². The third-order valence-corrected chi connectivity index (χ3v) is 4.17. The van der Waals surface area contributed by atoms with E-state index in [9.17, 15) is 14.4 Å². The van der Waals surface area contributed by atoms with Gasteiger partial charge in [0, 0.05) is 11.3 Å². The molecule has 2 unspecified atom stereocenters. The summed E-state index contributed by atoms with van der Waals surface area (Å²) in [4.78, 5) is 34.0. The molecule has 0 aromatic rings. The van der Waals surface area contributed by atoms with Crippen LogP contribution in [0.2, 0.25) is 0 Å². The Morgan fingerprint density at radius 2 is 1.79 bits per heavy atom. The van der Waals surface area contributed by atoms with Crippen molar-refractivity contribution in [2.24, 2.45) is 0 Å². The third kappa shape index (κ3) is 4.98. The lowest BCUT2D eigenvalue weighted by atomic mass is 10.2. The number of carboxylic acid groups (broad SMARTS) is 2. The van der Waals surface area contributed by atoms with E-state index in [1.807, 2.05) is 6.26 Å². The van der Waals surface area contributed by atoms with Gasteiger partial charge in [-0.2, -0.15) is 11.8 Å². The first-order chi connectivity index (χ1) is 8.93. The Kier molecular flexibility index (Phi) is 5.94. The van der Waals surface area contributed by atoms with E-state index in [0.29, 0.717) is 5.25 Å². The largest absolute Gasteiger partial charge is 0.480 e. The quantitative estimate of drug-likeness (QED) is 0.655. The molecule has 19 heavy (non-hydrogen) atoms. The van der Waals surface area contributed by atoms with Crippen LogP contribution in [0.4, 0.5) is 4.79 Å². The van der Waals surface area contributed by atoms with Crippen LogP contribution >= 0.6 is 11.8 Å². The van der Waals surface area contributed by atoms with Crippen molar-refractivity contribution in [3.63, 3.8) is 0 Å². The molecule has 0 heterocycles. The van der Waals surface area contributed by atoms with Gasteiger partial charge in [0.05, 0.1) is 0 Å². The maximum atomic E-state index is 11.9. The van der Waals surface area contributed by atoms with Gasteiger partial charge in [-0.25, -0.2) is 4.79 Å². The topological polar surface area (TPSA) is 107 Å². The summed E-state index contributed by atoms with van der Waals surface area (Å²) in [5.41, 5.74) is 0. The molecule has 7 nitrogen and oxygen atoms in total. The summed E-state index contributed by atoms with van der Waals surface area (Å²) in [6.45, 7) is -1.23. The van der Waals surface area contributed by atoms with Crippen LogP contribution in [-0.2, 0) is 9.59 Å². The van der Waals surface area contributed by atoms with E-state index in [1.165, 1.54) is 0 Å². The first kappa shape index (κ1) is 15.6. The van der Waals surface area contributed by atoms with Crippen LogP contribution in [-0.4, -0.2) is 63.7 Å². The Morgan fingerprint density at radius 1 is 1.21 bits per heavy atom. The second-order valence-electron chi connectivity index (χ2n) is 4.40. The Hall–Kier alpha value is -1.44. The number of carbonyl (C=O) groups is 3. The smallest absolute Gasteiger partial charge is 0.323 e. The lowest BCUT2D eigenvalue weighted by Crippen LogP contribution is -2.49. The summed E-state index contributed by atoms with van der Waals surface area (Å²) in [7, 11) is 0. The van der Waals surface area contributed by atoms with E-state index in [-0.39, 0.29) is 6.04 Å². The van der Waals surface area contributed by atoms with Gasteiger partial charge in [-0.1, -0.05) is 6.42 Å². The average Bonchev–Trinajstić information content (AvgIpc) is 2.74. The molecule has 108 valence electrons. The van der Waals surface area contributed by atoms with Crippen LogP contribution in [0, 0.1) is 0 Å². The number of rotatable bonds is 6. The number of hydrogen-bond acceptors (Lipinski definition) is 4. The molecule has 0 aromatic carbocycles. The van der Waals surface area contributed by atoms with Crippen LogP contribution in [0.1, 0.15) is 19.3 Å². The molecular weight excluding hydrogens is 272 g/mol. The minimum Gasteiger partial charge on any atom is -0.480 e. The van der Waals surface area contributed by atoms with Gasteiger partial charge >= 0.3 is 18.0 Å². The van der Waals surface area contributed by atoms with Crippen LogP contribution in [0.5, 0.6) is 0 Å². The highest BCUT2D eigenvalue weighted by atomic mass is 32.2. The molecule has 0 radical (unpaired) electrons. The first-order valence-corrected chi connectivity index (χ1v) is 7.24. The lowest BCUT2D eigenvalue weighted by molar-refractivity contribution is -0.140. The van der Waals surface area contributed by atoms with Gasteiger partial charge in [0.15, 0.2) is 0 Å². The molecule has 0 aromatic heterocycles. The van der Waals surface area contributed by atoms with Crippen molar-refractivity contribution in [1.82, 2.24) is 10.2 Å². The number of nitrogens with zero attached hydrogens (tertiary/aromatic N) is 1. The van der Waals surface area contributed by atoms with Gasteiger partial charge in [-0.05, 0) is 19.1 Å². The van der Waals surface area contributed by atoms with Gasteiger partial charge in [-0.3, -0.25) is 9.59 Å². The van der Waals surface area contributed by atoms with E-state index in [4.69, 9.17) is 10.2 Å². The highest BCUT2D eigenvalue weighted by molar-refractivity contribution is 7.99. The summed E-state index contributed by atoms with van der Waals surface area (Å²) < 4.78 is 0. The summed E-state index contributed by atoms with van der Waals surface area (Å²) in [6.07, 6.45) is 4.81. The zero-order valence-corrected chi connectivity index (χ0v) is 11.5. The summed E-state index contributed by atoms with van der Waals surface area (Å²) in [5, 5.41) is 20.4. The van der Waals surface area contributed by atoms with E-state index in [0.717, 1.165) is 24.2 Å². The van der Waals surface area contributed by atoms with Crippen LogP contribution in [0.15, 0.2) is 0 Å². The van der Waals surface area contributed by atoms with E-state index in [1.54, 1.807) is 11.8 Å². The zero-order valence-electron chi connectivity index (χ0n) is 10.7. The molecule has 1 aliphatic carbocycles. The minimum absolute atomic E-state index is 0.0208. The molecule has 2 amide bonds. The molecule has 1 aliphatic rings. The van der Waals surface area contributed by atoms with Gasteiger partial charge in [0.1, 0.15) is 13.1 Å². The van der Waals surface area contributed by atoms with Crippen molar-refractivity contribution < 1.29 is 24.6 Å². The van der Waals surface area contributed by atoms with Crippen LogP contribution < -0.4 is 5.32 Å². The number of urea groups is 1. The van der Waals surface area contributed by atoms with Crippen molar-refractivity contribution in [2.75, 3.05) is 19.3 Å². The van der Waals surface area contributed by atoms with Crippen LogP contribution in [0.3, 0.4) is 0 Å². The molecule has 0 aliphatic heterocycles. The highest BCUT2D eigenvalue weighted by Gasteiger charge is 2.30. The maximum absolute atomic E-state index is 11.9. The fraction of sp³-hybridized carbons (Fsp3) is 0.727. The molecule has 0 spiro atoms. The lowest BCUT2D eigenvalue weighted by Gasteiger charge is -2.24. The maximum Gasteiger partial charge on any atom is 0.323 e. The van der Waals surface area contributed by atoms with E-state index >= 15 is 0 Å². The fourth-order valence-corrected chi connectivity index (χ4v) is 3.08. The Morgan fingerprint density at radius 3 is 2.26 bits per heavy atom. The number of nitrogens with one attached hydrogen (secondary N) is 1. The van der Waals surface area contributed by atoms with Crippen molar-refractivity contribution in [1.29, 1.82) is 0 Å². The second-order valence-corrected chi connectivity index (χ2v) is 5.48. The molecule has 0 bridgehead atoms. The number of amides is 2. The second kappa shape index (κ2) is 7.22. The molecule has 0 saturated heterocycles. The van der Waals surface area contributed by atoms with Crippen LogP contribution in [0.25, 0.3) is 0 Å². The highest BCUT2D eigenvalue weighted by Crippen LogP contribution is 2.28. The minimum atomic E-state index is -1.23. The first-order valence-electron chi connectivity index (χ1n) is 5.96. The number of thioether (sulfide) groups is 1. The predicted octanol–water partition coefficient (Wildman–Crippen LogP) is 0.451. The van der Waals surface area contributed by atoms with Gasteiger partial charge in [-0.15, -0.1) is 0 Å². The molecule has 8 heteroatoms. The normalized spacial score (nSPS) is 21.9. The number of carbonyl (C=O) groups excluding carboxylic acids is 1. The van der Waals surface area contributed by atoms with Gasteiger partial charge in [0.2, 0.25) is 0 Å². The Bertz CT molecular complexity index is 347. The standard InChI is InChI=1S/C11H18N2O5S/c1-19-8-4-2-3-7(8)12-11(18)13(5-9(14)15)6-10(16)17/h7-8H,2-6H2,1H3,(H,12,18)(H,14,15)(H,16,17). The zero-order chi connectivity index (χ0) is 14.4. The van der Waals surface area contributed by atoms with E-state index < -0.39 is 31.1 Å². The Labute approximate surface area is 115 Å².